The molecule has 28 heavy (non-hydrogen) atoms. The summed E-state index contributed by atoms with van der Waals surface area (Å²) in [5, 5.41) is 4.98. The highest BCUT2D eigenvalue weighted by Crippen LogP contribution is 2.25. The lowest BCUT2D eigenvalue weighted by Gasteiger charge is -2.05. The zero-order valence-electron chi connectivity index (χ0n) is 14.2. The van der Waals surface area contributed by atoms with Crippen molar-refractivity contribution in [3.05, 3.63) is 66.2 Å². The third kappa shape index (κ3) is 3.65. The van der Waals surface area contributed by atoms with Crippen molar-refractivity contribution in [1.82, 2.24) is 19.9 Å². The van der Waals surface area contributed by atoms with E-state index in [0.717, 1.165) is 6.07 Å². The number of hydrogen-bond donors (Lipinski definition) is 4. The summed E-state index contributed by atoms with van der Waals surface area (Å²) in [4.78, 5) is 37.9. The number of benzene rings is 2. The number of para-hydroxylation sites is 1. The van der Waals surface area contributed by atoms with E-state index in [4.69, 9.17) is 4.74 Å². The van der Waals surface area contributed by atoms with Crippen molar-refractivity contribution >= 4 is 34.9 Å². The number of carbonyl (C=O) groups is 2. The summed E-state index contributed by atoms with van der Waals surface area (Å²) in [7, 11) is 0. The van der Waals surface area contributed by atoms with Crippen LogP contribution in [0.15, 0.2) is 54.9 Å². The normalized spacial score (nSPS) is 10.6. The molecular weight excluding hydrogens is 367 g/mol. The van der Waals surface area contributed by atoms with Crippen LogP contribution in [0.25, 0.3) is 11.0 Å². The number of halogens is 1. The van der Waals surface area contributed by atoms with Gasteiger partial charge in [-0.2, -0.15) is 0 Å². The third-order valence-corrected chi connectivity index (χ3v) is 3.72. The van der Waals surface area contributed by atoms with Crippen LogP contribution in [0.3, 0.4) is 0 Å². The lowest BCUT2D eigenvalue weighted by atomic mass is 10.2. The quantitative estimate of drug-likeness (QED) is 0.432. The Morgan fingerprint density at radius 3 is 2.71 bits per heavy atom. The minimum absolute atomic E-state index is 0.131. The van der Waals surface area contributed by atoms with Crippen molar-refractivity contribution in [2.24, 2.45) is 0 Å². The van der Waals surface area contributed by atoms with Crippen LogP contribution in [-0.2, 0) is 0 Å². The molecule has 0 radical (unpaired) electrons. The molecule has 4 N–H and O–H groups in total. The number of fused-ring (bicyclic) bond motifs is 1. The number of nitrogens with zero attached hydrogens (tertiary/aromatic N) is 2. The largest absolute Gasteiger partial charge is 0.419 e. The minimum Gasteiger partial charge on any atom is -0.408 e. The van der Waals surface area contributed by atoms with Crippen LogP contribution in [0.1, 0.15) is 10.4 Å². The first-order valence-electron chi connectivity index (χ1n) is 8.12. The topological polar surface area (TPSA) is 125 Å². The SMILES string of the molecule is O=C(Nc1ncc[nH]1)Oc1cccc2nc(NC(=O)c3cccc(F)c3)[nH]c12. The van der Waals surface area contributed by atoms with Crippen LogP contribution in [0.5, 0.6) is 5.75 Å². The highest BCUT2D eigenvalue weighted by molar-refractivity contribution is 6.04. The van der Waals surface area contributed by atoms with Crippen molar-refractivity contribution in [3.63, 3.8) is 0 Å². The Morgan fingerprint density at radius 2 is 1.93 bits per heavy atom. The Morgan fingerprint density at radius 1 is 1.07 bits per heavy atom. The number of anilines is 2. The van der Waals surface area contributed by atoms with Gasteiger partial charge >= 0.3 is 6.09 Å². The summed E-state index contributed by atoms with van der Waals surface area (Å²) >= 11 is 0. The average molecular weight is 380 g/mol. The summed E-state index contributed by atoms with van der Waals surface area (Å²) in [5.41, 5.74) is 1.03. The first-order valence-corrected chi connectivity index (χ1v) is 8.12. The number of ether oxygens (including phenoxy) is 1. The van der Waals surface area contributed by atoms with Gasteiger partial charge in [0.15, 0.2) is 5.75 Å². The fraction of sp³-hybridized carbons (Fsp3) is 0. The van der Waals surface area contributed by atoms with E-state index in [-0.39, 0.29) is 23.2 Å². The number of carbonyl (C=O) groups excluding carboxylic acids is 2. The molecule has 2 amide bonds. The maximum atomic E-state index is 13.3. The molecule has 0 aliphatic rings. The van der Waals surface area contributed by atoms with Crippen LogP contribution in [-0.4, -0.2) is 31.9 Å². The first kappa shape index (κ1) is 17.2. The van der Waals surface area contributed by atoms with Crippen LogP contribution in [0.2, 0.25) is 0 Å². The zero-order valence-corrected chi connectivity index (χ0v) is 14.2. The Labute approximate surface area is 157 Å². The number of H-pyrrole nitrogens is 2. The van der Waals surface area contributed by atoms with Gasteiger partial charge < -0.3 is 14.7 Å². The molecule has 0 fully saturated rings. The number of nitrogens with one attached hydrogen (secondary N) is 4. The van der Waals surface area contributed by atoms with E-state index in [1.54, 1.807) is 24.4 Å². The standard InChI is InChI=1S/C18H13FN6O3/c19-11-4-1-3-10(9-11)15(26)24-17-22-12-5-2-6-13(14(12)23-17)28-18(27)25-16-20-7-8-21-16/h1-9H,(H2,20,21,25,27)(H2,22,23,24,26). The molecular formula is C18H13FN6O3. The molecule has 9 nitrogen and oxygen atoms in total. The second kappa shape index (κ2) is 7.19. The summed E-state index contributed by atoms with van der Waals surface area (Å²) in [6.07, 6.45) is 2.29. The molecule has 10 heteroatoms. The van der Waals surface area contributed by atoms with Crippen molar-refractivity contribution in [2.75, 3.05) is 10.6 Å². The molecule has 2 aromatic heterocycles. The van der Waals surface area contributed by atoms with E-state index in [1.807, 2.05) is 0 Å². The third-order valence-electron chi connectivity index (χ3n) is 3.72. The van der Waals surface area contributed by atoms with Gasteiger partial charge in [0.1, 0.15) is 11.3 Å². The number of hydrogen-bond acceptors (Lipinski definition) is 5. The molecule has 0 saturated heterocycles. The summed E-state index contributed by atoms with van der Waals surface area (Å²) < 4.78 is 18.6. The Kier molecular flexibility index (Phi) is 4.42. The van der Waals surface area contributed by atoms with Gasteiger partial charge in [-0.15, -0.1) is 0 Å². The van der Waals surface area contributed by atoms with Crippen molar-refractivity contribution in [1.29, 1.82) is 0 Å². The Hall–Kier alpha value is -4.21. The average Bonchev–Trinajstić information content (AvgIpc) is 3.31. The number of aromatic nitrogens is 4. The highest BCUT2D eigenvalue weighted by Gasteiger charge is 2.14. The summed E-state index contributed by atoms with van der Waals surface area (Å²) in [6.45, 7) is 0. The van der Waals surface area contributed by atoms with Crippen LogP contribution in [0, 0.1) is 5.82 Å². The number of imidazole rings is 2. The van der Waals surface area contributed by atoms with Gasteiger partial charge in [0.2, 0.25) is 11.9 Å². The maximum absolute atomic E-state index is 13.3. The fourth-order valence-electron chi connectivity index (χ4n) is 2.51. The molecule has 0 aliphatic carbocycles. The maximum Gasteiger partial charge on any atom is 0.419 e. The van der Waals surface area contributed by atoms with Gasteiger partial charge in [-0.05, 0) is 30.3 Å². The molecule has 0 bridgehead atoms. The van der Waals surface area contributed by atoms with E-state index in [0.29, 0.717) is 11.0 Å². The predicted octanol–water partition coefficient (Wildman–Crippen LogP) is 3.29. The molecule has 2 aromatic carbocycles. The monoisotopic (exact) mass is 380 g/mol. The van der Waals surface area contributed by atoms with Gasteiger partial charge in [-0.25, -0.2) is 19.2 Å². The van der Waals surface area contributed by atoms with Crippen LogP contribution >= 0.6 is 0 Å². The Balaban J connectivity index is 1.53. The van der Waals surface area contributed by atoms with Gasteiger partial charge in [0, 0.05) is 18.0 Å². The van der Waals surface area contributed by atoms with E-state index in [9.17, 15) is 14.0 Å². The molecule has 0 spiro atoms. The molecule has 140 valence electrons. The molecule has 2 heterocycles. The van der Waals surface area contributed by atoms with Crippen LogP contribution in [0.4, 0.5) is 21.1 Å². The number of amides is 2. The lowest BCUT2D eigenvalue weighted by molar-refractivity contribution is 0.102. The number of rotatable bonds is 4. The van der Waals surface area contributed by atoms with Crippen molar-refractivity contribution in [3.8, 4) is 5.75 Å². The fourth-order valence-corrected chi connectivity index (χ4v) is 2.51. The van der Waals surface area contributed by atoms with Gasteiger partial charge in [0.05, 0.1) is 5.52 Å². The molecule has 4 rings (SSSR count). The van der Waals surface area contributed by atoms with Gasteiger partial charge in [0.25, 0.3) is 5.91 Å². The molecule has 0 atom stereocenters. The smallest absolute Gasteiger partial charge is 0.408 e. The van der Waals surface area contributed by atoms with E-state index in [2.05, 4.69) is 30.6 Å². The van der Waals surface area contributed by atoms with E-state index >= 15 is 0 Å². The van der Waals surface area contributed by atoms with Crippen molar-refractivity contribution in [2.45, 2.75) is 0 Å². The molecule has 0 aliphatic heterocycles. The zero-order chi connectivity index (χ0) is 19.5. The second-order valence-corrected chi connectivity index (χ2v) is 5.65. The lowest BCUT2D eigenvalue weighted by Crippen LogP contribution is -2.17. The van der Waals surface area contributed by atoms with Crippen molar-refractivity contribution < 1.29 is 18.7 Å². The minimum atomic E-state index is -0.748. The molecule has 0 saturated carbocycles. The predicted molar refractivity (Wildman–Crippen MR) is 98.7 cm³/mol. The second-order valence-electron chi connectivity index (χ2n) is 5.65. The summed E-state index contributed by atoms with van der Waals surface area (Å²) in [6, 6.07) is 10.2. The van der Waals surface area contributed by atoms with Gasteiger partial charge in [-0.3, -0.25) is 15.4 Å². The highest BCUT2D eigenvalue weighted by atomic mass is 19.1. The first-order chi connectivity index (χ1) is 13.6. The van der Waals surface area contributed by atoms with Crippen LogP contribution < -0.4 is 15.4 Å². The number of aromatic amines is 2. The van der Waals surface area contributed by atoms with Gasteiger partial charge in [-0.1, -0.05) is 12.1 Å². The Bertz CT molecular complexity index is 1160. The summed E-state index contributed by atoms with van der Waals surface area (Å²) in [5.74, 6) is -0.469. The van der Waals surface area contributed by atoms with E-state index < -0.39 is 17.8 Å². The molecule has 0 unspecified atom stereocenters. The van der Waals surface area contributed by atoms with E-state index in [1.165, 1.54) is 24.4 Å². The molecule has 4 aromatic rings.